The van der Waals surface area contributed by atoms with Crippen molar-refractivity contribution in [3.63, 3.8) is 0 Å². The van der Waals surface area contributed by atoms with Gasteiger partial charge >= 0.3 is 0 Å². The highest BCUT2D eigenvalue weighted by molar-refractivity contribution is 7.19. The summed E-state index contributed by atoms with van der Waals surface area (Å²) in [6.07, 6.45) is 10.2. The van der Waals surface area contributed by atoms with Gasteiger partial charge in [-0.15, -0.1) is 11.3 Å². The van der Waals surface area contributed by atoms with Crippen LogP contribution in [0.15, 0.2) is 132 Å². The van der Waals surface area contributed by atoms with Crippen molar-refractivity contribution in [1.82, 2.24) is 4.57 Å². The molecule has 6 heteroatoms. The first-order valence-corrected chi connectivity index (χ1v) is 19.9. The van der Waals surface area contributed by atoms with Crippen LogP contribution >= 0.6 is 22.7 Å². The molecule has 9 rings (SSSR count). The van der Waals surface area contributed by atoms with E-state index in [9.17, 15) is 4.79 Å². The summed E-state index contributed by atoms with van der Waals surface area (Å²) in [7, 11) is 2.10. The van der Waals surface area contributed by atoms with Gasteiger partial charge in [0, 0.05) is 35.9 Å². The quantitative estimate of drug-likeness (QED) is 0.122. The first kappa shape index (κ1) is 32.6. The third-order valence-electron chi connectivity index (χ3n) is 10.7. The Morgan fingerprint density at radius 2 is 1.48 bits per heavy atom. The van der Waals surface area contributed by atoms with Crippen molar-refractivity contribution in [2.75, 3.05) is 4.90 Å². The molecule has 0 spiro atoms. The topological polar surface area (TPSA) is 29.1 Å². The molecule has 5 aromatic carbocycles. The van der Waals surface area contributed by atoms with E-state index in [-0.39, 0.29) is 5.56 Å². The summed E-state index contributed by atoms with van der Waals surface area (Å²) in [6, 6.07) is 46.1. The van der Waals surface area contributed by atoms with Crippen LogP contribution in [0, 0.1) is 0 Å². The van der Waals surface area contributed by atoms with Crippen molar-refractivity contribution < 1.29 is 4.57 Å². The van der Waals surface area contributed by atoms with Gasteiger partial charge in [-0.3, -0.25) is 9.36 Å². The summed E-state index contributed by atoms with van der Waals surface area (Å²) >= 11 is 3.35. The lowest BCUT2D eigenvalue weighted by atomic mass is 9.95. The molecule has 2 aromatic heterocycles. The van der Waals surface area contributed by atoms with Crippen molar-refractivity contribution in [3.05, 3.63) is 180 Å². The second-order valence-corrected chi connectivity index (χ2v) is 15.9. The molecular formula is C46H40N3OS2+. The summed E-state index contributed by atoms with van der Waals surface area (Å²) < 4.78 is 7.14. The Morgan fingerprint density at radius 1 is 0.788 bits per heavy atom. The van der Waals surface area contributed by atoms with Crippen LogP contribution in [0.25, 0.3) is 34.0 Å². The molecule has 4 nitrogen and oxygen atoms in total. The van der Waals surface area contributed by atoms with Gasteiger partial charge in [-0.05, 0) is 95.6 Å². The minimum Gasteiger partial charge on any atom is -0.338 e. The van der Waals surface area contributed by atoms with Gasteiger partial charge in [0.15, 0.2) is 0 Å². The zero-order chi connectivity index (χ0) is 35.2. The highest BCUT2D eigenvalue weighted by Gasteiger charge is 2.42. The lowest BCUT2D eigenvalue weighted by Crippen LogP contribution is -2.32. The maximum atomic E-state index is 13.7. The number of nitrogens with zero attached hydrogens (tertiary/aromatic N) is 3. The second-order valence-electron chi connectivity index (χ2n) is 13.8. The van der Waals surface area contributed by atoms with E-state index in [0.29, 0.717) is 18.5 Å². The van der Waals surface area contributed by atoms with Crippen LogP contribution < -0.4 is 24.2 Å². The van der Waals surface area contributed by atoms with E-state index in [1.165, 1.54) is 68.7 Å². The van der Waals surface area contributed by atoms with E-state index in [1.807, 2.05) is 4.57 Å². The zero-order valence-corrected chi connectivity index (χ0v) is 31.0. The minimum absolute atomic E-state index is 0.0835. The number of anilines is 2. The van der Waals surface area contributed by atoms with Crippen LogP contribution in [-0.2, 0) is 13.6 Å². The molecule has 1 fully saturated rings. The maximum Gasteiger partial charge on any atom is 0.269 e. The molecule has 7 aromatic rings. The summed E-state index contributed by atoms with van der Waals surface area (Å²) in [5.41, 5.74) is 11.2. The van der Waals surface area contributed by atoms with E-state index in [1.54, 1.807) is 22.7 Å². The van der Waals surface area contributed by atoms with Crippen molar-refractivity contribution in [2.45, 2.75) is 44.7 Å². The monoisotopic (exact) mass is 714 g/mol. The van der Waals surface area contributed by atoms with Crippen LogP contribution in [0.1, 0.15) is 64.9 Å². The number of aromatic nitrogens is 2. The molecule has 0 N–H and O–H groups in total. The molecule has 0 saturated heterocycles. The fraction of sp³-hybridized carbons (Fsp3) is 0.174. The molecule has 3 heterocycles. The molecule has 0 radical (unpaired) electrons. The Kier molecular flexibility index (Phi) is 8.58. The van der Waals surface area contributed by atoms with Gasteiger partial charge in [0.1, 0.15) is 16.4 Å². The van der Waals surface area contributed by atoms with Gasteiger partial charge in [0.25, 0.3) is 10.6 Å². The van der Waals surface area contributed by atoms with E-state index < -0.39 is 0 Å². The van der Waals surface area contributed by atoms with Crippen LogP contribution in [0.4, 0.5) is 11.4 Å². The molecule has 1 aliphatic heterocycles. The molecule has 1 saturated carbocycles. The predicted molar refractivity (Wildman–Crippen MR) is 219 cm³/mol. The van der Waals surface area contributed by atoms with Gasteiger partial charge in [-0.1, -0.05) is 109 Å². The lowest BCUT2D eigenvalue weighted by molar-refractivity contribution is -0.642. The molecular weight excluding hydrogens is 675 g/mol. The standard InChI is InChI=1S/C46H40N3OS2/c1-3-48-45(30-44-47(2)41-18-10-11-20-42(41)51-44)52-43(46(48)50)29-32-23-26-40-38(28-32)36-17-12-19-39(36)49(40)35-24-21-31(22-25-35)27-37(33-13-6-4-7-14-33)34-15-8-5-9-16-34/h4-11,13-16,18,20-30,36,39H,3,12,17,19H2,1-2H3/q+1/b43-29+. The van der Waals surface area contributed by atoms with E-state index in [4.69, 9.17) is 0 Å². The van der Waals surface area contributed by atoms with Gasteiger partial charge < -0.3 is 4.90 Å². The number of para-hydroxylation sites is 1. The van der Waals surface area contributed by atoms with Crippen molar-refractivity contribution in [1.29, 1.82) is 0 Å². The molecule has 52 heavy (non-hydrogen) atoms. The summed E-state index contributed by atoms with van der Waals surface area (Å²) in [5.74, 6) is 0.498. The molecule has 2 aliphatic rings. The predicted octanol–water partition coefficient (Wildman–Crippen LogP) is 9.00. The first-order chi connectivity index (χ1) is 25.6. The van der Waals surface area contributed by atoms with Crippen LogP contribution in [0.2, 0.25) is 0 Å². The smallest absolute Gasteiger partial charge is 0.269 e. The van der Waals surface area contributed by atoms with E-state index in [2.05, 4.69) is 169 Å². The Balaban J connectivity index is 1.05. The number of aryl methyl sites for hydroxylation is 1. The summed E-state index contributed by atoms with van der Waals surface area (Å²) in [6.45, 7) is 2.69. The van der Waals surface area contributed by atoms with Gasteiger partial charge in [0.05, 0.1) is 10.6 Å². The van der Waals surface area contributed by atoms with Gasteiger partial charge in [0.2, 0.25) is 5.52 Å². The summed E-state index contributed by atoms with van der Waals surface area (Å²) in [5, 5.41) is 1.14. The summed E-state index contributed by atoms with van der Waals surface area (Å²) in [4.78, 5) is 16.3. The molecule has 2 atom stereocenters. The molecule has 1 aliphatic carbocycles. The third kappa shape index (κ3) is 5.86. The lowest BCUT2D eigenvalue weighted by Gasteiger charge is -2.27. The average molecular weight is 715 g/mol. The van der Waals surface area contributed by atoms with Gasteiger partial charge in [-0.2, -0.15) is 4.57 Å². The Morgan fingerprint density at radius 3 is 2.19 bits per heavy atom. The highest BCUT2D eigenvalue weighted by Crippen LogP contribution is 2.52. The Bertz CT molecular complexity index is 2590. The SMILES string of the molecule is CCn1c(=O)/c(=C\c2ccc3c(c2)C2CCCC2N3c2ccc(C=C(c3ccccc3)c3ccccc3)cc2)s/c1=C/c1sc2ccccc2[n+]1C. The molecule has 256 valence electrons. The van der Waals surface area contributed by atoms with Crippen molar-refractivity contribution in [2.24, 2.45) is 7.05 Å². The fourth-order valence-corrected chi connectivity index (χ4v) is 10.5. The minimum atomic E-state index is 0.0835. The number of thiazole rings is 2. The Hall–Kier alpha value is -5.30. The van der Waals surface area contributed by atoms with E-state index in [0.717, 1.165) is 19.8 Å². The van der Waals surface area contributed by atoms with Crippen LogP contribution in [0.3, 0.4) is 0 Å². The number of benzene rings is 5. The van der Waals surface area contributed by atoms with Crippen LogP contribution in [0.5, 0.6) is 0 Å². The van der Waals surface area contributed by atoms with Crippen molar-refractivity contribution in [3.8, 4) is 0 Å². The molecule has 0 bridgehead atoms. The fourth-order valence-electron chi connectivity index (χ4n) is 8.21. The molecule has 0 amide bonds. The maximum absolute atomic E-state index is 13.7. The second kappa shape index (κ2) is 13.7. The Labute approximate surface area is 312 Å². The number of rotatable bonds is 7. The molecule has 2 unspecified atom stereocenters. The first-order valence-electron chi connectivity index (χ1n) is 18.2. The normalized spacial score (nSPS) is 17.2. The average Bonchev–Trinajstić information content (AvgIpc) is 3.94. The zero-order valence-electron chi connectivity index (χ0n) is 29.4. The van der Waals surface area contributed by atoms with Crippen LogP contribution in [-0.4, -0.2) is 10.6 Å². The highest BCUT2D eigenvalue weighted by atomic mass is 32.1. The van der Waals surface area contributed by atoms with E-state index >= 15 is 0 Å². The van der Waals surface area contributed by atoms with Crippen molar-refractivity contribution >= 4 is 68.1 Å². The number of fused-ring (bicyclic) bond motifs is 4. The third-order valence-corrected chi connectivity index (χ3v) is 13.0. The number of hydrogen-bond donors (Lipinski definition) is 0. The van der Waals surface area contributed by atoms with Gasteiger partial charge in [-0.25, -0.2) is 0 Å². The number of hydrogen-bond acceptors (Lipinski definition) is 4. The largest absolute Gasteiger partial charge is 0.338 e.